The molecule has 0 aliphatic rings. The Morgan fingerprint density at radius 1 is 1.27 bits per heavy atom. The van der Waals surface area contributed by atoms with E-state index in [1.807, 2.05) is 38.1 Å². The van der Waals surface area contributed by atoms with Crippen LogP contribution in [0.1, 0.15) is 16.8 Å². The molecule has 2 aromatic heterocycles. The summed E-state index contributed by atoms with van der Waals surface area (Å²) < 4.78 is 5.12. The molecule has 0 aliphatic carbocycles. The second-order valence-electron chi connectivity index (χ2n) is 5.78. The fourth-order valence-corrected chi connectivity index (χ4v) is 2.58. The van der Waals surface area contributed by atoms with Crippen LogP contribution in [0, 0.1) is 13.8 Å². The molecule has 0 spiro atoms. The molecule has 2 heterocycles. The van der Waals surface area contributed by atoms with E-state index in [0.29, 0.717) is 11.6 Å². The van der Waals surface area contributed by atoms with Crippen molar-refractivity contribution in [2.45, 2.75) is 20.4 Å². The first-order valence-corrected chi connectivity index (χ1v) is 7.99. The zero-order valence-corrected chi connectivity index (χ0v) is 14.7. The summed E-state index contributed by atoms with van der Waals surface area (Å²) in [7, 11) is 1.58. The zero-order chi connectivity index (χ0) is 18.7. The van der Waals surface area contributed by atoms with Gasteiger partial charge in [0.05, 0.1) is 24.7 Å². The summed E-state index contributed by atoms with van der Waals surface area (Å²) in [5, 5.41) is 20.0. The van der Waals surface area contributed by atoms with E-state index in [-0.39, 0.29) is 6.54 Å². The molecule has 2 N–H and O–H groups in total. The molecule has 8 heteroatoms. The summed E-state index contributed by atoms with van der Waals surface area (Å²) in [6.07, 6.45) is 0.614. The summed E-state index contributed by atoms with van der Waals surface area (Å²) in [5.41, 5.74) is 4.98. The smallest absolute Gasteiger partial charge is 0.404 e. The summed E-state index contributed by atoms with van der Waals surface area (Å²) in [5.74, 6) is 0.549. The van der Waals surface area contributed by atoms with Crippen LogP contribution in [-0.2, 0) is 6.54 Å². The van der Waals surface area contributed by atoms with E-state index in [0.717, 1.165) is 28.1 Å². The molecule has 0 fully saturated rings. The highest BCUT2D eigenvalue weighted by atomic mass is 16.5. The number of hydrogen-bond donors (Lipinski definition) is 2. The minimum absolute atomic E-state index is 0.227. The summed E-state index contributed by atoms with van der Waals surface area (Å²) in [6, 6.07) is 9.35. The first-order chi connectivity index (χ1) is 12.5. The Balaban J connectivity index is 1.90. The van der Waals surface area contributed by atoms with Crippen LogP contribution >= 0.6 is 0 Å². The number of hydrogen-bond acceptors (Lipinski definition) is 5. The highest BCUT2D eigenvalue weighted by Gasteiger charge is 2.11. The number of amides is 1. The lowest BCUT2D eigenvalue weighted by Crippen LogP contribution is -2.20. The Morgan fingerprint density at radius 2 is 2.08 bits per heavy atom. The number of aromatic nitrogens is 4. The Bertz CT molecular complexity index is 952. The van der Waals surface area contributed by atoms with Gasteiger partial charge in [0.15, 0.2) is 0 Å². The van der Waals surface area contributed by atoms with Crippen molar-refractivity contribution in [3.05, 3.63) is 53.3 Å². The van der Waals surface area contributed by atoms with Crippen molar-refractivity contribution in [3.63, 3.8) is 0 Å². The summed E-state index contributed by atoms with van der Waals surface area (Å²) >= 11 is 0. The number of aryl methyl sites for hydroxylation is 2. The van der Waals surface area contributed by atoms with Crippen molar-refractivity contribution in [1.82, 2.24) is 25.3 Å². The summed E-state index contributed by atoms with van der Waals surface area (Å²) in [4.78, 5) is 16.6. The molecule has 0 saturated carbocycles. The van der Waals surface area contributed by atoms with Gasteiger partial charge in [-0.3, -0.25) is 0 Å². The third kappa shape index (κ3) is 3.64. The third-order valence-corrected chi connectivity index (χ3v) is 4.03. The maximum Gasteiger partial charge on any atom is 0.404 e. The van der Waals surface area contributed by atoms with Crippen molar-refractivity contribution in [3.8, 4) is 22.8 Å². The molecular formula is C18H19N5O3. The second kappa shape index (κ2) is 7.22. The molecule has 8 nitrogen and oxygen atoms in total. The van der Waals surface area contributed by atoms with E-state index in [1.54, 1.807) is 19.4 Å². The molecule has 0 atom stereocenters. The molecule has 0 radical (unpaired) electrons. The van der Waals surface area contributed by atoms with E-state index >= 15 is 0 Å². The van der Waals surface area contributed by atoms with Gasteiger partial charge in [-0.2, -0.15) is 9.90 Å². The van der Waals surface area contributed by atoms with Gasteiger partial charge in [-0.15, -0.1) is 5.10 Å². The topological polar surface area (TPSA) is 102 Å². The van der Waals surface area contributed by atoms with Crippen molar-refractivity contribution in [1.29, 1.82) is 0 Å². The molecule has 0 bridgehead atoms. The lowest BCUT2D eigenvalue weighted by molar-refractivity contribution is 0.194. The Kier molecular flexibility index (Phi) is 4.83. The minimum atomic E-state index is -1.06. The molecule has 3 aromatic rings. The Morgan fingerprint density at radius 3 is 2.77 bits per heavy atom. The van der Waals surface area contributed by atoms with Gasteiger partial charge in [0.1, 0.15) is 5.69 Å². The molecule has 26 heavy (non-hydrogen) atoms. The maximum atomic E-state index is 10.7. The van der Waals surface area contributed by atoms with Crippen molar-refractivity contribution in [2.75, 3.05) is 7.11 Å². The lowest BCUT2D eigenvalue weighted by atomic mass is 10.1. The molecule has 134 valence electrons. The SMILES string of the molecule is COc1ccc(-c2cnn(-c3ccc(C)c(CNC(=O)O)c3)n2)c(C)n1. The van der Waals surface area contributed by atoms with Crippen LogP contribution in [0.2, 0.25) is 0 Å². The molecular weight excluding hydrogens is 334 g/mol. The lowest BCUT2D eigenvalue weighted by Gasteiger charge is -2.08. The van der Waals surface area contributed by atoms with E-state index < -0.39 is 6.09 Å². The van der Waals surface area contributed by atoms with E-state index in [2.05, 4.69) is 20.5 Å². The van der Waals surface area contributed by atoms with Gasteiger partial charge < -0.3 is 15.2 Å². The van der Waals surface area contributed by atoms with Gasteiger partial charge >= 0.3 is 6.09 Å². The standard InChI is InChI=1S/C18H19N5O3/c1-11-4-5-14(8-13(11)9-19-18(24)25)23-20-10-16(22-23)15-6-7-17(26-3)21-12(15)2/h4-8,10,19H,9H2,1-3H3,(H,24,25). The number of benzene rings is 1. The van der Waals surface area contributed by atoms with Gasteiger partial charge in [-0.1, -0.05) is 6.07 Å². The number of carboxylic acid groups (broad SMARTS) is 1. The average Bonchev–Trinajstić information content (AvgIpc) is 3.10. The molecule has 1 aromatic carbocycles. The van der Waals surface area contributed by atoms with Crippen LogP contribution in [0.4, 0.5) is 4.79 Å². The number of nitrogens with zero attached hydrogens (tertiary/aromatic N) is 4. The predicted molar refractivity (Wildman–Crippen MR) is 95.5 cm³/mol. The fourth-order valence-electron chi connectivity index (χ4n) is 2.58. The average molecular weight is 353 g/mol. The number of pyridine rings is 1. The minimum Gasteiger partial charge on any atom is -0.481 e. The number of rotatable bonds is 5. The first kappa shape index (κ1) is 17.4. The normalized spacial score (nSPS) is 10.6. The van der Waals surface area contributed by atoms with Crippen LogP contribution in [0.15, 0.2) is 36.5 Å². The second-order valence-corrected chi connectivity index (χ2v) is 5.78. The van der Waals surface area contributed by atoms with Gasteiger partial charge in [0.25, 0.3) is 0 Å². The van der Waals surface area contributed by atoms with Gasteiger partial charge in [-0.05, 0) is 43.2 Å². The number of ether oxygens (including phenoxy) is 1. The number of carbonyl (C=O) groups is 1. The summed E-state index contributed by atoms with van der Waals surface area (Å²) in [6.45, 7) is 4.04. The van der Waals surface area contributed by atoms with Crippen molar-refractivity contribution < 1.29 is 14.6 Å². The van der Waals surface area contributed by atoms with Gasteiger partial charge in [-0.25, -0.2) is 9.78 Å². The van der Waals surface area contributed by atoms with E-state index in [1.165, 1.54) is 4.80 Å². The molecule has 0 aliphatic heterocycles. The maximum absolute atomic E-state index is 10.7. The van der Waals surface area contributed by atoms with E-state index in [9.17, 15) is 4.79 Å². The molecule has 3 rings (SSSR count). The van der Waals surface area contributed by atoms with Crippen molar-refractivity contribution in [2.24, 2.45) is 0 Å². The largest absolute Gasteiger partial charge is 0.481 e. The fraction of sp³-hybridized carbons (Fsp3) is 0.222. The Hall–Kier alpha value is -3.42. The highest BCUT2D eigenvalue weighted by Crippen LogP contribution is 2.23. The van der Waals surface area contributed by atoms with E-state index in [4.69, 9.17) is 9.84 Å². The van der Waals surface area contributed by atoms with Crippen LogP contribution in [0.3, 0.4) is 0 Å². The highest BCUT2D eigenvalue weighted by molar-refractivity contribution is 5.64. The number of methoxy groups -OCH3 is 1. The van der Waals surface area contributed by atoms with Crippen LogP contribution in [-0.4, -0.2) is 38.3 Å². The zero-order valence-electron chi connectivity index (χ0n) is 14.7. The van der Waals surface area contributed by atoms with Gasteiger partial charge in [0, 0.05) is 18.2 Å². The molecule has 0 unspecified atom stereocenters. The predicted octanol–water partition coefficient (Wildman–Crippen LogP) is 2.72. The first-order valence-electron chi connectivity index (χ1n) is 7.99. The van der Waals surface area contributed by atoms with Gasteiger partial charge in [0.2, 0.25) is 5.88 Å². The monoisotopic (exact) mass is 353 g/mol. The van der Waals surface area contributed by atoms with Crippen molar-refractivity contribution >= 4 is 6.09 Å². The molecule has 1 amide bonds. The van der Waals surface area contributed by atoms with Crippen LogP contribution < -0.4 is 10.1 Å². The quantitative estimate of drug-likeness (QED) is 0.731. The third-order valence-electron chi connectivity index (χ3n) is 4.03. The van der Waals surface area contributed by atoms with Crippen LogP contribution in [0.5, 0.6) is 5.88 Å². The Labute approximate surface area is 150 Å². The van der Waals surface area contributed by atoms with Crippen LogP contribution in [0.25, 0.3) is 16.9 Å². The molecule has 0 saturated heterocycles. The number of nitrogens with one attached hydrogen (secondary N) is 1.